The van der Waals surface area contributed by atoms with E-state index in [1.807, 2.05) is 31.2 Å². The van der Waals surface area contributed by atoms with Gasteiger partial charge in [-0.2, -0.15) is 5.10 Å². The molecule has 0 spiro atoms. The van der Waals surface area contributed by atoms with E-state index >= 15 is 0 Å². The number of methoxy groups -OCH3 is 1. The second-order valence-electron chi connectivity index (χ2n) is 8.82. The van der Waals surface area contributed by atoms with Gasteiger partial charge in [-0.05, 0) is 97.4 Å². The number of halogens is 1. The summed E-state index contributed by atoms with van der Waals surface area (Å²) in [5.41, 5.74) is 6.42. The molecule has 10 nitrogen and oxygen atoms in total. The molecule has 0 aliphatic heterocycles. The van der Waals surface area contributed by atoms with Crippen molar-refractivity contribution in [1.29, 1.82) is 0 Å². The smallest absolute Gasteiger partial charge is 0.343 e. The van der Waals surface area contributed by atoms with Gasteiger partial charge in [0, 0.05) is 27.1 Å². The van der Waals surface area contributed by atoms with Gasteiger partial charge in [0.15, 0.2) is 23.9 Å². The lowest BCUT2D eigenvalue weighted by molar-refractivity contribution is -0.142. The van der Waals surface area contributed by atoms with E-state index in [0.717, 1.165) is 17.1 Å². The molecule has 214 valence electrons. The number of furan rings is 1. The number of nitrogens with one attached hydrogen (secondary N) is 1. The number of aromatic nitrogens is 1. The molecule has 4 aromatic rings. The maximum atomic E-state index is 12.6. The van der Waals surface area contributed by atoms with E-state index in [1.54, 1.807) is 24.3 Å². The number of ether oxygens (including phenoxy) is 4. The van der Waals surface area contributed by atoms with Crippen molar-refractivity contribution < 1.29 is 33.0 Å². The van der Waals surface area contributed by atoms with Gasteiger partial charge < -0.3 is 27.9 Å². The predicted octanol–water partition coefficient (Wildman–Crippen LogP) is 5.74. The summed E-state index contributed by atoms with van der Waals surface area (Å²) >= 11 is 3.44. The molecule has 2 heterocycles. The molecular formula is C30H30BrN3O7. The Balaban J connectivity index is 1.33. The van der Waals surface area contributed by atoms with Crippen molar-refractivity contribution >= 4 is 34.0 Å². The number of rotatable bonds is 12. The average molecular weight is 624 g/mol. The van der Waals surface area contributed by atoms with Crippen molar-refractivity contribution in [3.05, 3.63) is 93.6 Å². The minimum absolute atomic E-state index is 0.0929. The standard InChI is InChI=1S/C30H30BrN3O7/c1-5-38-27-14-21(25(31)15-28(27)40-18-29(35)37-4)16-32-33-30(36)26-13-12-24(41-26)17-39-23-10-8-22(9-11-23)34-19(2)6-7-20(34)3/h6-16H,5,17-18H2,1-4H3,(H,33,36)/b32-16+. The number of hydrogen-bond donors (Lipinski definition) is 1. The van der Waals surface area contributed by atoms with Crippen LogP contribution in [0.15, 0.2) is 74.7 Å². The van der Waals surface area contributed by atoms with E-state index in [4.69, 9.17) is 18.6 Å². The maximum Gasteiger partial charge on any atom is 0.343 e. The van der Waals surface area contributed by atoms with Crippen LogP contribution in [0.1, 0.15) is 40.2 Å². The largest absolute Gasteiger partial charge is 0.490 e. The van der Waals surface area contributed by atoms with Gasteiger partial charge in [-0.1, -0.05) is 0 Å². The van der Waals surface area contributed by atoms with Gasteiger partial charge in [-0.3, -0.25) is 4.79 Å². The summed E-state index contributed by atoms with van der Waals surface area (Å²) in [6.45, 7) is 6.23. The van der Waals surface area contributed by atoms with Crippen molar-refractivity contribution in [2.24, 2.45) is 5.10 Å². The molecule has 0 fully saturated rings. The van der Waals surface area contributed by atoms with Crippen LogP contribution in [0.25, 0.3) is 5.69 Å². The number of esters is 1. The van der Waals surface area contributed by atoms with Gasteiger partial charge in [-0.15, -0.1) is 0 Å². The quantitative estimate of drug-likeness (QED) is 0.121. The fourth-order valence-electron chi connectivity index (χ4n) is 3.94. The lowest BCUT2D eigenvalue weighted by Gasteiger charge is -2.13. The lowest BCUT2D eigenvalue weighted by atomic mass is 10.2. The number of carbonyl (C=O) groups is 2. The van der Waals surface area contributed by atoms with Gasteiger partial charge in [0.1, 0.15) is 18.1 Å². The number of carbonyl (C=O) groups excluding carboxylic acids is 2. The van der Waals surface area contributed by atoms with Crippen LogP contribution in [0.2, 0.25) is 0 Å². The topological polar surface area (TPSA) is 114 Å². The van der Waals surface area contributed by atoms with Crippen LogP contribution in [0, 0.1) is 13.8 Å². The molecule has 1 amide bonds. The average Bonchev–Trinajstić information content (AvgIpc) is 3.58. The Hall–Kier alpha value is -4.51. The van der Waals surface area contributed by atoms with E-state index in [0.29, 0.717) is 39.7 Å². The van der Waals surface area contributed by atoms with Crippen molar-refractivity contribution in [2.75, 3.05) is 20.3 Å². The molecule has 41 heavy (non-hydrogen) atoms. The van der Waals surface area contributed by atoms with Crippen LogP contribution in [-0.2, 0) is 16.1 Å². The van der Waals surface area contributed by atoms with Crippen molar-refractivity contribution in [3.63, 3.8) is 0 Å². The number of hydrazone groups is 1. The molecular weight excluding hydrogens is 594 g/mol. The molecule has 0 saturated carbocycles. The Morgan fingerprint density at radius 1 is 0.976 bits per heavy atom. The highest BCUT2D eigenvalue weighted by Crippen LogP contribution is 2.33. The SMILES string of the molecule is CCOc1cc(/C=N/NC(=O)c2ccc(COc3ccc(-n4c(C)ccc4C)cc3)o2)c(Br)cc1OCC(=O)OC. The third-order valence-corrected chi connectivity index (χ3v) is 6.63. The molecule has 0 unspecified atom stereocenters. The molecule has 0 saturated heterocycles. The van der Waals surface area contributed by atoms with Gasteiger partial charge in [0.05, 0.1) is 19.9 Å². The highest BCUT2D eigenvalue weighted by Gasteiger charge is 2.14. The minimum atomic E-state index is -0.520. The highest BCUT2D eigenvalue weighted by molar-refractivity contribution is 9.10. The maximum absolute atomic E-state index is 12.6. The number of aryl methyl sites for hydroxylation is 2. The second-order valence-corrected chi connectivity index (χ2v) is 9.67. The van der Waals surface area contributed by atoms with E-state index in [1.165, 1.54) is 13.3 Å². The molecule has 0 aliphatic carbocycles. The van der Waals surface area contributed by atoms with E-state index < -0.39 is 11.9 Å². The van der Waals surface area contributed by atoms with Crippen LogP contribution in [0.5, 0.6) is 17.2 Å². The van der Waals surface area contributed by atoms with Crippen LogP contribution >= 0.6 is 15.9 Å². The Labute approximate surface area is 246 Å². The Kier molecular flexibility index (Phi) is 9.86. The molecule has 1 N–H and O–H groups in total. The van der Waals surface area contributed by atoms with Crippen molar-refractivity contribution in [1.82, 2.24) is 9.99 Å². The zero-order valence-electron chi connectivity index (χ0n) is 23.1. The number of nitrogens with zero attached hydrogens (tertiary/aromatic N) is 2. The van der Waals surface area contributed by atoms with E-state index in [-0.39, 0.29) is 19.0 Å². The number of benzene rings is 2. The molecule has 11 heteroatoms. The van der Waals surface area contributed by atoms with Crippen LogP contribution in [-0.4, -0.2) is 43.0 Å². The Morgan fingerprint density at radius 3 is 2.37 bits per heavy atom. The summed E-state index contributed by atoms with van der Waals surface area (Å²) in [5, 5.41) is 4.02. The summed E-state index contributed by atoms with van der Waals surface area (Å²) in [5.74, 6) is 1.000. The van der Waals surface area contributed by atoms with Gasteiger partial charge in [0.2, 0.25) is 0 Å². The first-order chi connectivity index (χ1) is 19.8. The number of hydrogen-bond acceptors (Lipinski definition) is 8. The molecule has 0 atom stereocenters. The third kappa shape index (κ3) is 7.57. The third-order valence-electron chi connectivity index (χ3n) is 5.94. The van der Waals surface area contributed by atoms with Gasteiger partial charge in [0.25, 0.3) is 0 Å². The van der Waals surface area contributed by atoms with Crippen LogP contribution < -0.4 is 19.6 Å². The second kappa shape index (κ2) is 13.7. The molecule has 0 bridgehead atoms. The summed E-state index contributed by atoms with van der Waals surface area (Å²) in [6.07, 6.45) is 1.45. The van der Waals surface area contributed by atoms with E-state index in [9.17, 15) is 9.59 Å². The van der Waals surface area contributed by atoms with Crippen molar-refractivity contribution in [2.45, 2.75) is 27.4 Å². The minimum Gasteiger partial charge on any atom is -0.490 e. The Bertz CT molecular complexity index is 1520. The summed E-state index contributed by atoms with van der Waals surface area (Å²) in [6, 6.07) is 18.5. The lowest BCUT2D eigenvalue weighted by Crippen LogP contribution is -2.17. The zero-order valence-corrected chi connectivity index (χ0v) is 24.7. The first-order valence-electron chi connectivity index (χ1n) is 12.7. The first kappa shape index (κ1) is 29.5. The van der Waals surface area contributed by atoms with Crippen LogP contribution in [0.3, 0.4) is 0 Å². The molecule has 4 rings (SSSR count). The zero-order chi connectivity index (χ0) is 29.4. The van der Waals surface area contributed by atoms with E-state index in [2.05, 4.69) is 61.7 Å². The molecule has 2 aromatic carbocycles. The first-order valence-corrected chi connectivity index (χ1v) is 13.5. The highest BCUT2D eigenvalue weighted by atomic mass is 79.9. The van der Waals surface area contributed by atoms with Gasteiger partial charge >= 0.3 is 11.9 Å². The Morgan fingerprint density at radius 2 is 1.68 bits per heavy atom. The van der Waals surface area contributed by atoms with Gasteiger partial charge in [-0.25, -0.2) is 10.2 Å². The van der Waals surface area contributed by atoms with Crippen molar-refractivity contribution in [3.8, 4) is 22.9 Å². The molecule has 2 aromatic heterocycles. The summed E-state index contributed by atoms with van der Waals surface area (Å²) in [7, 11) is 1.28. The molecule has 0 aliphatic rings. The summed E-state index contributed by atoms with van der Waals surface area (Å²) in [4.78, 5) is 24.0. The fraction of sp³-hybridized carbons (Fsp3) is 0.233. The predicted molar refractivity (Wildman–Crippen MR) is 156 cm³/mol. The normalized spacial score (nSPS) is 11.0. The number of amides is 1. The molecule has 0 radical (unpaired) electrons. The van der Waals surface area contributed by atoms with Crippen LogP contribution in [0.4, 0.5) is 0 Å². The summed E-state index contributed by atoms with van der Waals surface area (Å²) < 4.78 is 29.9. The fourth-order valence-corrected chi connectivity index (χ4v) is 4.37. The monoisotopic (exact) mass is 623 g/mol.